The van der Waals surface area contributed by atoms with Crippen molar-refractivity contribution >= 4 is 5.91 Å². The average Bonchev–Trinajstić information content (AvgIpc) is 3.29. The second-order valence-corrected chi connectivity index (χ2v) is 8.00. The first-order chi connectivity index (χ1) is 11.2. The van der Waals surface area contributed by atoms with Crippen LogP contribution in [0.2, 0.25) is 0 Å². The molecule has 1 aromatic rings. The Kier molecular flexibility index (Phi) is 4.16. The Morgan fingerprint density at radius 1 is 1.30 bits per heavy atom. The molecule has 1 aliphatic heterocycles. The molecule has 0 N–H and O–H groups in total. The SMILES string of the molecule is Cn1nccc1CCC(=O)N1CCC[C@@H]1C[C@H]1C[C@H]2CC[C@H]1C2. The molecule has 1 aromatic heterocycles. The number of rotatable bonds is 5. The highest BCUT2D eigenvalue weighted by Crippen LogP contribution is 2.50. The summed E-state index contributed by atoms with van der Waals surface area (Å²) in [6, 6.07) is 2.54. The molecular formula is C19H29N3O. The monoisotopic (exact) mass is 315 g/mol. The second kappa shape index (κ2) is 6.29. The van der Waals surface area contributed by atoms with Gasteiger partial charge in [0.05, 0.1) is 0 Å². The van der Waals surface area contributed by atoms with E-state index in [4.69, 9.17) is 0 Å². The van der Waals surface area contributed by atoms with Crippen molar-refractivity contribution < 1.29 is 4.79 Å². The van der Waals surface area contributed by atoms with Gasteiger partial charge < -0.3 is 4.90 Å². The van der Waals surface area contributed by atoms with Gasteiger partial charge in [0, 0.05) is 37.9 Å². The molecule has 4 heteroatoms. The summed E-state index contributed by atoms with van der Waals surface area (Å²) >= 11 is 0. The van der Waals surface area contributed by atoms with Crippen molar-refractivity contribution in [2.24, 2.45) is 24.8 Å². The summed E-state index contributed by atoms with van der Waals surface area (Å²) in [4.78, 5) is 14.9. The predicted molar refractivity (Wildman–Crippen MR) is 89.8 cm³/mol. The van der Waals surface area contributed by atoms with E-state index < -0.39 is 0 Å². The molecule has 4 rings (SSSR count). The van der Waals surface area contributed by atoms with Crippen LogP contribution >= 0.6 is 0 Å². The van der Waals surface area contributed by atoms with Gasteiger partial charge in [0.1, 0.15) is 0 Å². The van der Waals surface area contributed by atoms with Gasteiger partial charge in [-0.15, -0.1) is 0 Å². The molecule has 0 radical (unpaired) electrons. The van der Waals surface area contributed by atoms with E-state index in [2.05, 4.69) is 10.00 Å². The van der Waals surface area contributed by atoms with Crippen LogP contribution in [0.1, 0.15) is 57.1 Å². The molecule has 126 valence electrons. The van der Waals surface area contributed by atoms with Crippen molar-refractivity contribution in [1.29, 1.82) is 0 Å². The highest BCUT2D eigenvalue weighted by atomic mass is 16.2. The average molecular weight is 315 g/mol. The molecule has 2 bridgehead atoms. The Morgan fingerprint density at radius 2 is 2.22 bits per heavy atom. The van der Waals surface area contributed by atoms with Crippen LogP contribution in [-0.4, -0.2) is 33.2 Å². The van der Waals surface area contributed by atoms with Gasteiger partial charge in [-0.25, -0.2) is 0 Å². The van der Waals surface area contributed by atoms with Gasteiger partial charge in [-0.1, -0.05) is 6.42 Å². The zero-order valence-electron chi connectivity index (χ0n) is 14.3. The third-order valence-electron chi connectivity index (χ3n) is 6.67. The molecule has 23 heavy (non-hydrogen) atoms. The first-order valence-corrected chi connectivity index (χ1v) is 9.47. The van der Waals surface area contributed by atoms with Gasteiger partial charge in [-0.05, 0) is 68.8 Å². The van der Waals surface area contributed by atoms with Crippen LogP contribution in [0.3, 0.4) is 0 Å². The number of amides is 1. The summed E-state index contributed by atoms with van der Waals surface area (Å²) in [6.45, 7) is 0.982. The molecule has 2 aliphatic carbocycles. The molecule has 3 aliphatic rings. The first-order valence-electron chi connectivity index (χ1n) is 9.47. The molecule has 0 spiro atoms. The van der Waals surface area contributed by atoms with Crippen LogP contribution in [0.5, 0.6) is 0 Å². The maximum Gasteiger partial charge on any atom is 0.223 e. The van der Waals surface area contributed by atoms with Gasteiger partial charge >= 0.3 is 0 Å². The van der Waals surface area contributed by atoms with E-state index in [1.165, 1.54) is 44.9 Å². The highest BCUT2D eigenvalue weighted by Gasteiger charge is 2.41. The number of carbonyl (C=O) groups excluding carboxylic acids is 1. The minimum Gasteiger partial charge on any atom is -0.340 e. The van der Waals surface area contributed by atoms with Gasteiger partial charge in [0.15, 0.2) is 0 Å². The van der Waals surface area contributed by atoms with E-state index >= 15 is 0 Å². The van der Waals surface area contributed by atoms with Gasteiger partial charge in [-0.3, -0.25) is 9.48 Å². The summed E-state index contributed by atoms with van der Waals surface area (Å²) in [6.07, 6.45) is 12.8. The van der Waals surface area contributed by atoms with Crippen LogP contribution in [0.15, 0.2) is 12.3 Å². The van der Waals surface area contributed by atoms with Crippen molar-refractivity contribution in [3.05, 3.63) is 18.0 Å². The Bertz CT molecular complexity index is 567. The van der Waals surface area contributed by atoms with E-state index in [1.54, 1.807) is 0 Å². The second-order valence-electron chi connectivity index (χ2n) is 8.00. The molecular weight excluding hydrogens is 286 g/mol. The lowest BCUT2D eigenvalue weighted by molar-refractivity contribution is -0.132. The highest BCUT2D eigenvalue weighted by molar-refractivity contribution is 5.77. The molecule has 0 unspecified atom stereocenters. The normalized spacial score (nSPS) is 32.8. The van der Waals surface area contributed by atoms with Gasteiger partial charge in [0.2, 0.25) is 5.91 Å². The Balaban J connectivity index is 1.32. The van der Waals surface area contributed by atoms with Crippen molar-refractivity contribution in [1.82, 2.24) is 14.7 Å². The number of likely N-dealkylation sites (tertiary alicyclic amines) is 1. The lowest BCUT2D eigenvalue weighted by Crippen LogP contribution is -2.37. The Hall–Kier alpha value is -1.32. The van der Waals surface area contributed by atoms with E-state index in [-0.39, 0.29) is 0 Å². The molecule has 0 aromatic carbocycles. The molecule has 2 saturated carbocycles. The van der Waals surface area contributed by atoms with Crippen molar-refractivity contribution in [2.75, 3.05) is 6.54 Å². The summed E-state index contributed by atoms with van der Waals surface area (Å²) in [5, 5.41) is 4.19. The largest absolute Gasteiger partial charge is 0.340 e. The molecule has 1 saturated heterocycles. The predicted octanol–water partition coefficient (Wildman–Crippen LogP) is 3.17. The Labute approximate surface area is 139 Å². The van der Waals surface area contributed by atoms with Crippen LogP contribution in [0.4, 0.5) is 0 Å². The van der Waals surface area contributed by atoms with E-state index in [9.17, 15) is 4.79 Å². The number of nitrogens with zero attached hydrogens (tertiary/aromatic N) is 3. The summed E-state index contributed by atoms with van der Waals surface area (Å²) in [7, 11) is 1.95. The van der Waals surface area contributed by atoms with Gasteiger partial charge in [-0.2, -0.15) is 5.10 Å². The number of hydrogen-bond acceptors (Lipinski definition) is 2. The fourth-order valence-electron chi connectivity index (χ4n) is 5.45. The van der Waals surface area contributed by atoms with Crippen molar-refractivity contribution in [2.45, 2.75) is 63.8 Å². The Morgan fingerprint density at radius 3 is 2.91 bits per heavy atom. The fourth-order valence-corrected chi connectivity index (χ4v) is 5.45. The van der Waals surface area contributed by atoms with Crippen LogP contribution in [0.25, 0.3) is 0 Å². The number of aromatic nitrogens is 2. The summed E-state index contributed by atoms with van der Waals surface area (Å²) < 4.78 is 1.88. The zero-order chi connectivity index (χ0) is 15.8. The van der Waals surface area contributed by atoms with Crippen LogP contribution < -0.4 is 0 Å². The molecule has 4 nitrogen and oxygen atoms in total. The fraction of sp³-hybridized carbons (Fsp3) is 0.789. The number of carbonyl (C=O) groups is 1. The smallest absolute Gasteiger partial charge is 0.223 e. The third-order valence-corrected chi connectivity index (χ3v) is 6.67. The van der Waals surface area contributed by atoms with Crippen LogP contribution in [0, 0.1) is 17.8 Å². The van der Waals surface area contributed by atoms with Gasteiger partial charge in [0.25, 0.3) is 0 Å². The first kappa shape index (κ1) is 15.2. The summed E-state index contributed by atoms with van der Waals surface area (Å²) in [5.74, 6) is 3.26. The van der Waals surface area contributed by atoms with E-state index in [0.717, 1.165) is 36.4 Å². The maximum absolute atomic E-state index is 12.7. The zero-order valence-corrected chi connectivity index (χ0v) is 14.3. The topological polar surface area (TPSA) is 38.1 Å². The van der Waals surface area contributed by atoms with E-state index in [0.29, 0.717) is 18.4 Å². The lowest BCUT2D eigenvalue weighted by Gasteiger charge is -2.30. The minimum atomic E-state index is 0.358. The quantitative estimate of drug-likeness (QED) is 0.837. The van der Waals surface area contributed by atoms with Crippen molar-refractivity contribution in [3.8, 4) is 0 Å². The maximum atomic E-state index is 12.7. The van der Waals surface area contributed by atoms with Crippen molar-refractivity contribution in [3.63, 3.8) is 0 Å². The standard InChI is InChI=1S/C19H29N3O/c1-21-17(8-9-20-21)6-7-19(23)22-10-2-3-18(22)13-16-12-14-4-5-15(16)11-14/h8-9,14-16,18H,2-7,10-13H2,1H3/t14-,15-,16+,18+/m0/s1. The number of fused-ring (bicyclic) bond motifs is 2. The number of hydrogen-bond donors (Lipinski definition) is 0. The van der Waals surface area contributed by atoms with Crippen LogP contribution in [-0.2, 0) is 18.3 Å². The summed E-state index contributed by atoms with van der Waals surface area (Å²) in [5.41, 5.74) is 1.15. The molecule has 3 fully saturated rings. The third kappa shape index (κ3) is 3.05. The number of aryl methyl sites for hydroxylation is 2. The molecule has 1 amide bonds. The lowest BCUT2D eigenvalue weighted by atomic mass is 9.83. The minimum absolute atomic E-state index is 0.358. The molecule has 2 heterocycles. The van der Waals surface area contributed by atoms with E-state index in [1.807, 2.05) is 24.0 Å². The molecule has 4 atom stereocenters.